The van der Waals surface area contributed by atoms with Gasteiger partial charge in [-0.3, -0.25) is 14.1 Å². The van der Waals surface area contributed by atoms with Crippen LogP contribution in [0.5, 0.6) is 0 Å². The largest absolute Gasteiger partial charge is 0.469 e. The van der Waals surface area contributed by atoms with Crippen molar-refractivity contribution in [2.24, 2.45) is 0 Å². The first-order valence-electron chi connectivity index (χ1n) is 18.8. The van der Waals surface area contributed by atoms with Crippen LogP contribution in [0.1, 0.15) is 200 Å². The molecule has 0 aliphatic heterocycles. The lowest BCUT2D eigenvalue weighted by Gasteiger charge is -2.16. The molecule has 0 bridgehead atoms. The van der Waals surface area contributed by atoms with Crippen molar-refractivity contribution in [3.63, 3.8) is 0 Å². The van der Waals surface area contributed by atoms with Gasteiger partial charge in [0.25, 0.3) is 0 Å². The van der Waals surface area contributed by atoms with E-state index in [1.807, 2.05) is 0 Å². The molecule has 0 saturated carbocycles. The number of carbonyl (C=O) groups is 2. The lowest BCUT2D eigenvalue weighted by Crippen LogP contribution is -2.22. The quantitative estimate of drug-likeness (QED) is 0.0387. The normalized spacial score (nSPS) is 12.4. The van der Waals surface area contributed by atoms with E-state index in [1.54, 1.807) is 0 Å². The van der Waals surface area contributed by atoms with Crippen LogP contribution < -0.4 is 0 Å². The van der Waals surface area contributed by atoms with Crippen molar-refractivity contribution < 1.29 is 33.2 Å². The van der Waals surface area contributed by atoms with Crippen molar-refractivity contribution in [1.82, 2.24) is 0 Å². The third-order valence-corrected chi connectivity index (χ3v) is 9.93. The van der Waals surface area contributed by atoms with Crippen LogP contribution >= 0.6 is 19.6 Å². The fraction of sp³-hybridized carbons (Fsp3) is 0.944. The Labute approximate surface area is 281 Å². The Bertz CT molecular complexity index is 716. The standard InChI is InChI=1S/C36H71O7PS/c1-3-5-7-9-11-13-15-17-19-21-23-25-27-29-31-36(38)45-34(33-43-44(39,40)41)32-42-35(37)30-28-26-24-22-20-18-16-14-12-10-8-6-4-2/h34H,3-33H2,1-2H3,(H2,39,40,41). The molecule has 7 nitrogen and oxygen atoms in total. The molecular formula is C36H71O7PS. The minimum atomic E-state index is -4.67. The molecule has 0 spiro atoms. The number of hydrogen-bond acceptors (Lipinski definition) is 6. The molecule has 9 heteroatoms. The molecule has 1 unspecified atom stereocenters. The molecule has 0 heterocycles. The van der Waals surface area contributed by atoms with Crippen LogP contribution in [0.4, 0.5) is 0 Å². The molecule has 0 aliphatic carbocycles. The van der Waals surface area contributed by atoms with Gasteiger partial charge in [0.1, 0.15) is 6.61 Å². The summed E-state index contributed by atoms with van der Waals surface area (Å²) in [7, 11) is -4.67. The van der Waals surface area contributed by atoms with Crippen LogP contribution in [0.3, 0.4) is 0 Å². The maximum absolute atomic E-state index is 12.5. The van der Waals surface area contributed by atoms with Crippen LogP contribution in [0, 0.1) is 0 Å². The Morgan fingerprint density at radius 2 is 0.867 bits per heavy atom. The molecule has 0 aromatic heterocycles. The number of unbranched alkanes of at least 4 members (excludes halogenated alkanes) is 25. The zero-order chi connectivity index (χ0) is 33.3. The SMILES string of the molecule is CCCCCCCCCCCCCCCCC(=O)SC(COC(=O)CCCCCCCCCCCCCCC)COP(=O)(O)O. The number of hydrogen-bond donors (Lipinski definition) is 2. The number of esters is 1. The minimum absolute atomic E-state index is 0.0548. The number of rotatable bonds is 35. The summed E-state index contributed by atoms with van der Waals surface area (Å²) >= 11 is 0.976. The average Bonchev–Trinajstić information content (AvgIpc) is 3.00. The Balaban J connectivity index is 3.92. The highest BCUT2D eigenvalue weighted by Crippen LogP contribution is 2.37. The van der Waals surface area contributed by atoms with E-state index >= 15 is 0 Å². The van der Waals surface area contributed by atoms with Gasteiger partial charge in [-0.25, -0.2) is 4.57 Å². The van der Waals surface area contributed by atoms with Gasteiger partial charge in [0.15, 0.2) is 5.12 Å². The Hall–Kier alpha value is -0.400. The number of phosphoric ester groups is 1. The van der Waals surface area contributed by atoms with Crippen molar-refractivity contribution >= 4 is 30.7 Å². The maximum Gasteiger partial charge on any atom is 0.469 e. The van der Waals surface area contributed by atoms with Crippen molar-refractivity contribution in [2.45, 2.75) is 205 Å². The average molecular weight is 679 g/mol. The molecule has 0 rings (SSSR count). The smallest absolute Gasteiger partial charge is 0.464 e. The van der Waals surface area contributed by atoms with E-state index in [2.05, 4.69) is 18.4 Å². The number of carbonyl (C=O) groups excluding carboxylic acids is 2. The molecule has 45 heavy (non-hydrogen) atoms. The summed E-state index contributed by atoms with van der Waals surface area (Å²) in [6.45, 7) is 4.07. The molecule has 0 amide bonds. The number of ether oxygens (including phenoxy) is 1. The molecule has 2 N–H and O–H groups in total. The summed E-state index contributed by atoms with van der Waals surface area (Å²) in [6.07, 6.45) is 34.3. The second kappa shape index (κ2) is 33.5. The molecule has 0 aliphatic rings. The minimum Gasteiger partial charge on any atom is -0.464 e. The summed E-state index contributed by atoms with van der Waals surface area (Å²) in [5, 5.41) is -0.687. The van der Waals surface area contributed by atoms with Crippen LogP contribution in [0.2, 0.25) is 0 Å². The molecule has 0 aromatic carbocycles. The highest BCUT2D eigenvalue weighted by molar-refractivity contribution is 8.14. The van der Waals surface area contributed by atoms with E-state index in [1.165, 1.54) is 135 Å². The lowest BCUT2D eigenvalue weighted by atomic mass is 10.0. The van der Waals surface area contributed by atoms with Crippen LogP contribution in [0.25, 0.3) is 0 Å². The fourth-order valence-corrected chi connectivity index (χ4v) is 6.93. The first-order valence-corrected chi connectivity index (χ1v) is 21.2. The van der Waals surface area contributed by atoms with Gasteiger partial charge < -0.3 is 14.5 Å². The molecule has 0 radical (unpaired) electrons. The van der Waals surface area contributed by atoms with E-state index in [-0.39, 0.29) is 24.3 Å². The van der Waals surface area contributed by atoms with Gasteiger partial charge in [0, 0.05) is 12.8 Å². The molecule has 268 valence electrons. The maximum atomic E-state index is 12.5. The number of thioether (sulfide) groups is 1. The predicted octanol–water partition coefficient (Wildman–Crippen LogP) is 11.6. The monoisotopic (exact) mass is 678 g/mol. The summed E-state index contributed by atoms with van der Waals surface area (Å²) < 4.78 is 21.2. The third-order valence-electron chi connectivity index (χ3n) is 8.38. The zero-order valence-electron chi connectivity index (χ0n) is 29.3. The van der Waals surface area contributed by atoms with Crippen molar-refractivity contribution in [3.8, 4) is 0 Å². The van der Waals surface area contributed by atoms with Crippen LogP contribution in [0.15, 0.2) is 0 Å². The van der Waals surface area contributed by atoms with E-state index in [9.17, 15) is 14.2 Å². The van der Waals surface area contributed by atoms with Gasteiger partial charge >= 0.3 is 13.8 Å². The molecular weight excluding hydrogens is 607 g/mol. The predicted molar refractivity (Wildman–Crippen MR) is 191 cm³/mol. The van der Waals surface area contributed by atoms with E-state index in [0.29, 0.717) is 12.8 Å². The van der Waals surface area contributed by atoms with E-state index < -0.39 is 13.1 Å². The van der Waals surface area contributed by atoms with Gasteiger partial charge in [-0.05, 0) is 12.8 Å². The van der Waals surface area contributed by atoms with Crippen molar-refractivity contribution in [2.75, 3.05) is 13.2 Å². The summed E-state index contributed by atoms with van der Waals surface area (Å²) in [4.78, 5) is 43.0. The molecule has 0 fully saturated rings. The van der Waals surface area contributed by atoms with Gasteiger partial charge in [0.05, 0.1) is 11.9 Å². The van der Waals surface area contributed by atoms with Crippen LogP contribution in [-0.4, -0.2) is 39.3 Å². The second-order valence-electron chi connectivity index (χ2n) is 12.9. The molecule has 1 atom stereocenters. The van der Waals surface area contributed by atoms with Gasteiger partial charge in [-0.15, -0.1) is 0 Å². The molecule has 0 aromatic rings. The van der Waals surface area contributed by atoms with Crippen molar-refractivity contribution in [3.05, 3.63) is 0 Å². The van der Waals surface area contributed by atoms with E-state index in [4.69, 9.17) is 14.5 Å². The zero-order valence-corrected chi connectivity index (χ0v) is 31.0. The Morgan fingerprint density at radius 1 is 0.533 bits per heavy atom. The van der Waals surface area contributed by atoms with Gasteiger partial charge in [-0.1, -0.05) is 186 Å². The second-order valence-corrected chi connectivity index (χ2v) is 15.5. The molecule has 0 saturated heterocycles. The summed E-state index contributed by atoms with van der Waals surface area (Å²) in [5.74, 6) is -0.334. The lowest BCUT2D eigenvalue weighted by molar-refractivity contribution is -0.143. The Kier molecular flexibility index (Phi) is 33.2. The topological polar surface area (TPSA) is 110 Å². The van der Waals surface area contributed by atoms with Crippen molar-refractivity contribution in [1.29, 1.82) is 0 Å². The van der Waals surface area contributed by atoms with Gasteiger partial charge in [0.2, 0.25) is 0 Å². The summed E-state index contributed by atoms with van der Waals surface area (Å²) in [5.41, 5.74) is 0. The van der Waals surface area contributed by atoms with Crippen LogP contribution in [-0.2, 0) is 23.4 Å². The third kappa shape index (κ3) is 36.3. The fourth-order valence-electron chi connectivity index (χ4n) is 5.55. The first kappa shape index (κ1) is 44.6. The van der Waals surface area contributed by atoms with E-state index in [0.717, 1.165) is 50.3 Å². The summed E-state index contributed by atoms with van der Waals surface area (Å²) in [6, 6.07) is 0. The Morgan fingerprint density at radius 3 is 1.22 bits per heavy atom. The highest BCUT2D eigenvalue weighted by Gasteiger charge is 2.22. The number of phosphoric acid groups is 1. The highest BCUT2D eigenvalue weighted by atomic mass is 32.2. The first-order chi connectivity index (χ1) is 21.8. The van der Waals surface area contributed by atoms with Gasteiger partial charge in [-0.2, -0.15) is 0 Å².